The van der Waals surface area contributed by atoms with Crippen LogP contribution in [0.2, 0.25) is 0 Å². The quantitative estimate of drug-likeness (QED) is 0.553. The third kappa shape index (κ3) is 3.76. The highest BCUT2D eigenvalue weighted by Gasteiger charge is 1.86. The van der Waals surface area contributed by atoms with Crippen molar-refractivity contribution in [1.29, 1.82) is 5.41 Å². The van der Waals surface area contributed by atoms with Gasteiger partial charge in [0, 0.05) is 18.5 Å². The van der Waals surface area contributed by atoms with Gasteiger partial charge in [-0.3, -0.25) is 0 Å². The van der Waals surface area contributed by atoms with Crippen LogP contribution in [-0.4, -0.2) is 12.8 Å². The van der Waals surface area contributed by atoms with Crippen LogP contribution in [0.3, 0.4) is 0 Å². The summed E-state index contributed by atoms with van der Waals surface area (Å²) in [5, 5.41) is 10.2. The Hall–Kier alpha value is -0.790. The first-order valence-electron chi connectivity index (χ1n) is 3.14. The third-order valence-electron chi connectivity index (χ3n) is 1.17. The van der Waals surface area contributed by atoms with Gasteiger partial charge in [0.15, 0.2) is 0 Å². The molecule has 0 aromatic heterocycles. The van der Waals surface area contributed by atoms with Crippen molar-refractivity contribution in [3.05, 3.63) is 11.8 Å². The van der Waals surface area contributed by atoms with Crippen LogP contribution in [0.15, 0.2) is 11.8 Å². The molecule has 0 unspecified atom stereocenters. The summed E-state index contributed by atoms with van der Waals surface area (Å²) in [5.74, 6) is 0. The van der Waals surface area contributed by atoms with Crippen molar-refractivity contribution in [3.63, 3.8) is 0 Å². The number of nitrogens with one attached hydrogen (secondary N) is 2. The first-order valence-corrected chi connectivity index (χ1v) is 3.14. The number of hydrogen-bond donors (Lipinski definition) is 2. The van der Waals surface area contributed by atoms with Gasteiger partial charge in [0.2, 0.25) is 0 Å². The third-order valence-corrected chi connectivity index (χ3v) is 1.17. The summed E-state index contributed by atoms with van der Waals surface area (Å²) >= 11 is 0. The lowest BCUT2D eigenvalue weighted by molar-refractivity contribution is 0.990. The van der Waals surface area contributed by atoms with E-state index in [0.717, 1.165) is 12.1 Å². The molecule has 0 saturated heterocycles. The molecular weight excluding hydrogens is 112 g/mol. The molecule has 52 valence electrons. The van der Waals surface area contributed by atoms with Crippen molar-refractivity contribution < 1.29 is 0 Å². The molecule has 9 heavy (non-hydrogen) atoms. The molecule has 0 heterocycles. The Bertz CT molecular complexity index is 125. The number of rotatable bonds is 3. The van der Waals surface area contributed by atoms with Gasteiger partial charge in [-0.1, -0.05) is 6.92 Å². The minimum absolute atomic E-state index is 0.668. The Morgan fingerprint density at radius 2 is 2.22 bits per heavy atom. The SMILES string of the molecule is CCC(=N)/C=C(/C)NC. The maximum Gasteiger partial charge on any atom is 0.0328 e. The monoisotopic (exact) mass is 126 g/mol. The van der Waals surface area contributed by atoms with Crippen molar-refractivity contribution in [2.75, 3.05) is 7.05 Å². The molecule has 0 aromatic carbocycles. The lowest BCUT2D eigenvalue weighted by Gasteiger charge is -1.97. The van der Waals surface area contributed by atoms with Crippen molar-refractivity contribution in [2.45, 2.75) is 20.3 Å². The normalized spacial score (nSPS) is 11.2. The zero-order chi connectivity index (χ0) is 7.28. The second-order valence-corrected chi connectivity index (χ2v) is 1.96. The number of allylic oxidation sites excluding steroid dienone is 2. The average molecular weight is 126 g/mol. The minimum Gasteiger partial charge on any atom is -0.392 e. The Morgan fingerprint density at radius 1 is 1.67 bits per heavy atom. The van der Waals surface area contributed by atoms with Gasteiger partial charge in [-0.2, -0.15) is 0 Å². The molecule has 0 rings (SSSR count). The van der Waals surface area contributed by atoms with Gasteiger partial charge < -0.3 is 10.7 Å². The smallest absolute Gasteiger partial charge is 0.0328 e. The minimum atomic E-state index is 0.668. The first kappa shape index (κ1) is 8.21. The van der Waals surface area contributed by atoms with Gasteiger partial charge in [-0.05, 0) is 19.4 Å². The van der Waals surface area contributed by atoms with Crippen LogP contribution < -0.4 is 5.32 Å². The molecule has 2 nitrogen and oxygen atoms in total. The fourth-order valence-electron chi connectivity index (χ4n) is 0.436. The highest BCUT2D eigenvalue weighted by Crippen LogP contribution is 1.88. The van der Waals surface area contributed by atoms with E-state index in [1.165, 1.54) is 0 Å². The fourth-order valence-corrected chi connectivity index (χ4v) is 0.436. The van der Waals surface area contributed by atoms with Gasteiger partial charge in [0.05, 0.1) is 0 Å². The van der Waals surface area contributed by atoms with Gasteiger partial charge in [0.25, 0.3) is 0 Å². The van der Waals surface area contributed by atoms with Crippen molar-refractivity contribution >= 4 is 5.71 Å². The second-order valence-electron chi connectivity index (χ2n) is 1.96. The highest BCUT2D eigenvalue weighted by molar-refractivity contribution is 5.92. The molecule has 0 aliphatic carbocycles. The van der Waals surface area contributed by atoms with E-state index in [9.17, 15) is 0 Å². The first-order chi connectivity index (χ1) is 4.20. The van der Waals surface area contributed by atoms with Crippen molar-refractivity contribution in [2.24, 2.45) is 0 Å². The van der Waals surface area contributed by atoms with Gasteiger partial charge in [-0.25, -0.2) is 0 Å². The largest absolute Gasteiger partial charge is 0.392 e. The molecule has 0 bridgehead atoms. The van der Waals surface area contributed by atoms with Gasteiger partial charge >= 0.3 is 0 Å². The predicted octanol–water partition coefficient (Wildman–Crippen LogP) is 1.54. The average Bonchev–Trinajstić information content (AvgIpc) is 1.87. The highest BCUT2D eigenvalue weighted by atomic mass is 14.8. The molecular formula is C7H14N2. The molecule has 2 N–H and O–H groups in total. The summed E-state index contributed by atoms with van der Waals surface area (Å²) in [6.45, 7) is 3.92. The molecule has 0 aliphatic heterocycles. The molecule has 0 amide bonds. The van der Waals surface area contributed by atoms with E-state index in [1.807, 2.05) is 27.0 Å². The van der Waals surface area contributed by atoms with Crippen LogP contribution in [0, 0.1) is 5.41 Å². The Kier molecular flexibility index (Phi) is 3.76. The summed E-state index contributed by atoms with van der Waals surface area (Å²) in [5.41, 5.74) is 1.71. The van der Waals surface area contributed by atoms with E-state index in [0.29, 0.717) is 5.71 Å². The summed E-state index contributed by atoms with van der Waals surface area (Å²) in [6.07, 6.45) is 2.64. The van der Waals surface area contributed by atoms with Gasteiger partial charge in [-0.15, -0.1) is 0 Å². The predicted molar refractivity (Wildman–Crippen MR) is 40.8 cm³/mol. The number of hydrogen-bond acceptors (Lipinski definition) is 2. The molecule has 0 aromatic rings. The Labute approximate surface area is 56.5 Å². The molecule has 0 radical (unpaired) electrons. The zero-order valence-corrected chi connectivity index (χ0v) is 6.28. The molecule has 0 aliphatic rings. The molecule has 0 saturated carbocycles. The lowest BCUT2D eigenvalue weighted by Crippen LogP contribution is -2.03. The lowest BCUT2D eigenvalue weighted by atomic mass is 10.2. The Morgan fingerprint density at radius 3 is 2.56 bits per heavy atom. The molecule has 0 fully saturated rings. The van der Waals surface area contributed by atoms with Crippen molar-refractivity contribution in [1.82, 2.24) is 5.32 Å². The maximum atomic E-state index is 7.25. The Balaban J connectivity index is 3.79. The summed E-state index contributed by atoms with van der Waals surface area (Å²) < 4.78 is 0. The molecule has 0 spiro atoms. The maximum absolute atomic E-state index is 7.25. The van der Waals surface area contributed by atoms with Gasteiger partial charge in [0.1, 0.15) is 0 Å². The fraction of sp³-hybridized carbons (Fsp3) is 0.571. The van der Waals surface area contributed by atoms with Crippen LogP contribution in [0.25, 0.3) is 0 Å². The second kappa shape index (κ2) is 4.13. The van der Waals surface area contributed by atoms with E-state index < -0.39 is 0 Å². The summed E-state index contributed by atoms with van der Waals surface area (Å²) in [6, 6.07) is 0. The molecule has 2 heteroatoms. The van der Waals surface area contributed by atoms with Crippen LogP contribution in [0.1, 0.15) is 20.3 Å². The summed E-state index contributed by atoms with van der Waals surface area (Å²) in [4.78, 5) is 0. The standard InChI is InChI=1S/C7H14N2/c1-4-7(8)5-6(2)9-3/h5,8-9H,4H2,1-3H3/b6-5-,8-7?. The zero-order valence-electron chi connectivity index (χ0n) is 6.28. The van der Waals surface area contributed by atoms with Crippen molar-refractivity contribution in [3.8, 4) is 0 Å². The van der Waals surface area contributed by atoms with E-state index >= 15 is 0 Å². The van der Waals surface area contributed by atoms with Crippen LogP contribution >= 0.6 is 0 Å². The van der Waals surface area contributed by atoms with E-state index in [4.69, 9.17) is 5.41 Å². The van der Waals surface area contributed by atoms with Crippen LogP contribution in [0.4, 0.5) is 0 Å². The van der Waals surface area contributed by atoms with E-state index in [1.54, 1.807) is 0 Å². The van der Waals surface area contributed by atoms with E-state index in [2.05, 4.69) is 5.32 Å². The summed E-state index contributed by atoms with van der Waals surface area (Å²) in [7, 11) is 1.86. The van der Waals surface area contributed by atoms with Crippen LogP contribution in [0.5, 0.6) is 0 Å². The van der Waals surface area contributed by atoms with E-state index in [-0.39, 0.29) is 0 Å². The topological polar surface area (TPSA) is 35.9 Å². The molecule has 0 atom stereocenters. The van der Waals surface area contributed by atoms with Crippen LogP contribution in [-0.2, 0) is 0 Å².